The number of nitrogens with zero attached hydrogens (tertiary/aromatic N) is 1. The summed E-state index contributed by atoms with van der Waals surface area (Å²) in [4.78, 5) is 2.43. The van der Waals surface area contributed by atoms with Crippen LogP contribution in [0.1, 0.15) is 0 Å². The topological polar surface area (TPSA) is 3.24 Å². The van der Waals surface area contributed by atoms with Gasteiger partial charge in [0.25, 0.3) is 0 Å². The van der Waals surface area contributed by atoms with Gasteiger partial charge in [-0.3, -0.25) is 0 Å². The molecule has 0 saturated carbocycles. The first kappa shape index (κ1) is 33.6. The molecular weight excluding hydrogens is 695 g/mol. The number of fused-ring (bicyclic) bond motifs is 3. The molecule has 0 fully saturated rings. The van der Waals surface area contributed by atoms with Crippen molar-refractivity contribution in [3.8, 4) is 55.6 Å². The molecule has 10 aromatic rings. The van der Waals surface area contributed by atoms with Gasteiger partial charge in [-0.1, -0.05) is 188 Å². The first-order valence-electron chi connectivity index (χ1n) is 19.1. The van der Waals surface area contributed by atoms with Crippen LogP contribution in [0.3, 0.4) is 0 Å². The molecule has 0 spiro atoms. The molecule has 0 atom stereocenters. The molecule has 0 radical (unpaired) electrons. The van der Waals surface area contributed by atoms with Gasteiger partial charge in [0, 0.05) is 37.1 Å². The lowest BCUT2D eigenvalue weighted by Gasteiger charge is -2.29. The number of hydrogen-bond donors (Lipinski definition) is 0. The van der Waals surface area contributed by atoms with Gasteiger partial charge in [0.05, 0.1) is 5.69 Å². The molecule has 0 N–H and O–H groups in total. The van der Waals surface area contributed by atoms with E-state index < -0.39 is 0 Å². The first-order valence-corrected chi connectivity index (χ1v) is 19.9. The normalized spacial score (nSPS) is 11.2. The molecule has 264 valence electrons. The second kappa shape index (κ2) is 14.7. The maximum Gasteiger partial charge on any atom is 0.0540 e. The highest BCUT2D eigenvalue weighted by Crippen LogP contribution is 2.47. The Morgan fingerprint density at radius 2 is 0.786 bits per heavy atom. The summed E-state index contributed by atoms with van der Waals surface area (Å²) in [6.07, 6.45) is 0. The van der Waals surface area contributed by atoms with Crippen LogP contribution >= 0.6 is 11.3 Å². The lowest BCUT2D eigenvalue weighted by Crippen LogP contribution is -2.11. The smallest absolute Gasteiger partial charge is 0.0540 e. The third kappa shape index (κ3) is 6.17. The highest BCUT2D eigenvalue weighted by Gasteiger charge is 2.21. The summed E-state index contributed by atoms with van der Waals surface area (Å²) in [6.45, 7) is 0. The van der Waals surface area contributed by atoms with Gasteiger partial charge >= 0.3 is 0 Å². The molecule has 0 amide bonds. The third-order valence-corrected chi connectivity index (χ3v) is 11.9. The second-order valence-electron chi connectivity index (χ2n) is 14.1. The second-order valence-corrected chi connectivity index (χ2v) is 15.1. The Morgan fingerprint density at radius 3 is 1.54 bits per heavy atom. The van der Waals surface area contributed by atoms with Gasteiger partial charge in [0.1, 0.15) is 0 Å². The predicted octanol–water partition coefficient (Wildman–Crippen LogP) is 15.9. The average molecular weight is 732 g/mol. The minimum Gasteiger partial charge on any atom is -0.310 e. The molecule has 0 bridgehead atoms. The zero-order valence-electron chi connectivity index (χ0n) is 30.7. The fraction of sp³-hybridized carbons (Fsp3) is 0. The number of thiophene rings is 1. The summed E-state index contributed by atoms with van der Waals surface area (Å²) in [5, 5.41) is 2.62. The minimum absolute atomic E-state index is 1.09. The third-order valence-electron chi connectivity index (χ3n) is 10.7. The standard InChI is InChI=1S/C54H37NS/c1-3-17-38(18-4-1)39-33-35-42(36-34-39)55(43-22-15-21-41(37-43)45-29-16-30-51-50-28-12-14-32-53(50)56-54(45)51)52-31-13-11-27-49(52)48-26-10-9-25-47(48)46-24-8-7-23-44(46)40-19-5-2-6-20-40/h1-37H. The van der Waals surface area contributed by atoms with Crippen molar-refractivity contribution in [2.45, 2.75) is 0 Å². The van der Waals surface area contributed by atoms with Crippen LogP contribution in [0.25, 0.3) is 75.8 Å². The van der Waals surface area contributed by atoms with E-state index in [0.717, 1.165) is 22.6 Å². The Labute approximate surface area is 332 Å². The van der Waals surface area contributed by atoms with Crippen LogP contribution in [-0.4, -0.2) is 0 Å². The van der Waals surface area contributed by atoms with Crippen LogP contribution in [0, 0.1) is 0 Å². The molecule has 1 nitrogen and oxygen atoms in total. The molecule has 0 aliphatic carbocycles. The van der Waals surface area contributed by atoms with E-state index in [-0.39, 0.29) is 0 Å². The summed E-state index contributed by atoms with van der Waals surface area (Å²) < 4.78 is 2.63. The lowest BCUT2D eigenvalue weighted by molar-refractivity contribution is 1.28. The summed E-state index contributed by atoms with van der Waals surface area (Å²) in [6, 6.07) is 81.3. The van der Waals surface area contributed by atoms with Crippen LogP contribution in [0.2, 0.25) is 0 Å². The molecule has 10 rings (SSSR count). The number of anilines is 3. The Kier molecular flexibility index (Phi) is 8.79. The van der Waals surface area contributed by atoms with E-state index in [9.17, 15) is 0 Å². The number of rotatable bonds is 8. The van der Waals surface area contributed by atoms with E-state index in [4.69, 9.17) is 0 Å². The van der Waals surface area contributed by atoms with Crippen molar-refractivity contribution >= 4 is 48.6 Å². The van der Waals surface area contributed by atoms with Gasteiger partial charge in [0.2, 0.25) is 0 Å². The van der Waals surface area contributed by atoms with Crippen molar-refractivity contribution in [1.82, 2.24) is 0 Å². The number of para-hydroxylation sites is 1. The first-order chi connectivity index (χ1) is 27.8. The molecular formula is C54H37NS. The average Bonchev–Trinajstić information content (AvgIpc) is 3.67. The summed E-state index contributed by atoms with van der Waals surface area (Å²) in [5.41, 5.74) is 15.3. The van der Waals surface area contributed by atoms with Crippen LogP contribution < -0.4 is 4.90 Å². The van der Waals surface area contributed by atoms with Gasteiger partial charge in [0.15, 0.2) is 0 Å². The molecule has 0 saturated heterocycles. The van der Waals surface area contributed by atoms with Crippen LogP contribution in [0.5, 0.6) is 0 Å². The number of benzene rings is 9. The fourth-order valence-electron chi connectivity index (χ4n) is 8.08. The quantitative estimate of drug-likeness (QED) is 0.150. The maximum absolute atomic E-state index is 2.43. The highest BCUT2D eigenvalue weighted by atomic mass is 32.1. The highest BCUT2D eigenvalue weighted by molar-refractivity contribution is 7.26. The van der Waals surface area contributed by atoms with E-state index in [1.807, 2.05) is 11.3 Å². The summed E-state index contributed by atoms with van der Waals surface area (Å²) >= 11 is 1.87. The maximum atomic E-state index is 2.43. The van der Waals surface area contributed by atoms with E-state index >= 15 is 0 Å². The van der Waals surface area contributed by atoms with Gasteiger partial charge in [-0.2, -0.15) is 0 Å². The Bertz CT molecular complexity index is 2960. The predicted molar refractivity (Wildman–Crippen MR) is 241 cm³/mol. The van der Waals surface area contributed by atoms with Gasteiger partial charge in [-0.25, -0.2) is 0 Å². The van der Waals surface area contributed by atoms with Crippen molar-refractivity contribution in [3.63, 3.8) is 0 Å². The van der Waals surface area contributed by atoms with Crippen molar-refractivity contribution in [1.29, 1.82) is 0 Å². The van der Waals surface area contributed by atoms with Crippen molar-refractivity contribution < 1.29 is 0 Å². The van der Waals surface area contributed by atoms with Crippen molar-refractivity contribution in [3.05, 3.63) is 224 Å². The van der Waals surface area contributed by atoms with Crippen LogP contribution in [0.4, 0.5) is 17.1 Å². The number of hydrogen-bond acceptors (Lipinski definition) is 2. The zero-order valence-corrected chi connectivity index (χ0v) is 31.5. The van der Waals surface area contributed by atoms with Crippen LogP contribution in [0.15, 0.2) is 224 Å². The Hall–Kier alpha value is -7.00. The molecule has 56 heavy (non-hydrogen) atoms. The molecule has 9 aromatic carbocycles. The zero-order chi connectivity index (χ0) is 37.3. The molecule has 1 heterocycles. The lowest BCUT2D eigenvalue weighted by atomic mass is 9.88. The SMILES string of the molecule is c1ccc(-c2ccc(N(c3cccc(-c4cccc5c4sc4ccccc45)c3)c3ccccc3-c3ccccc3-c3ccccc3-c3ccccc3)cc2)cc1. The molecule has 2 heteroatoms. The largest absolute Gasteiger partial charge is 0.310 e. The molecule has 0 aliphatic rings. The monoisotopic (exact) mass is 731 g/mol. The molecule has 1 aromatic heterocycles. The van der Waals surface area contributed by atoms with Crippen molar-refractivity contribution in [2.24, 2.45) is 0 Å². The fourth-order valence-corrected chi connectivity index (χ4v) is 9.32. The summed E-state index contributed by atoms with van der Waals surface area (Å²) in [7, 11) is 0. The van der Waals surface area contributed by atoms with Gasteiger partial charge < -0.3 is 4.90 Å². The molecule has 0 aliphatic heterocycles. The Morgan fingerprint density at radius 1 is 0.286 bits per heavy atom. The van der Waals surface area contributed by atoms with E-state index in [1.165, 1.54) is 70.2 Å². The van der Waals surface area contributed by atoms with Crippen LogP contribution in [-0.2, 0) is 0 Å². The Balaban J connectivity index is 1.16. The van der Waals surface area contributed by atoms with Crippen molar-refractivity contribution in [2.75, 3.05) is 4.90 Å². The van der Waals surface area contributed by atoms with E-state index in [2.05, 4.69) is 229 Å². The molecule has 0 unspecified atom stereocenters. The van der Waals surface area contributed by atoms with Gasteiger partial charge in [-0.15, -0.1) is 11.3 Å². The minimum atomic E-state index is 1.09. The van der Waals surface area contributed by atoms with Gasteiger partial charge in [-0.05, 0) is 86.5 Å². The summed E-state index contributed by atoms with van der Waals surface area (Å²) in [5.74, 6) is 0. The van der Waals surface area contributed by atoms with E-state index in [0.29, 0.717) is 0 Å². The van der Waals surface area contributed by atoms with E-state index in [1.54, 1.807) is 0 Å².